The number of hydrogen-bond acceptors (Lipinski definition) is 7. The lowest BCUT2D eigenvalue weighted by molar-refractivity contribution is 0.667. The zero-order valence-electron chi connectivity index (χ0n) is 29.8. The highest BCUT2D eigenvalue weighted by atomic mass is 16.3. The fourth-order valence-electron chi connectivity index (χ4n) is 7.50. The Morgan fingerprint density at radius 1 is 0.304 bits per heavy atom. The molecule has 4 aromatic heterocycles. The summed E-state index contributed by atoms with van der Waals surface area (Å²) in [6, 6.07) is 58.8. The van der Waals surface area contributed by atoms with Crippen LogP contribution in [0.25, 0.3) is 112 Å². The van der Waals surface area contributed by atoms with Crippen molar-refractivity contribution < 1.29 is 8.83 Å². The average Bonchev–Trinajstić information content (AvgIpc) is 3.86. The first-order valence-corrected chi connectivity index (χ1v) is 18.4. The molecule has 0 aliphatic carbocycles. The maximum Gasteiger partial charge on any atom is 0.180 e. The lowest BCUT2D eigenvalue weighted by Crippen LogP contribution is -2.00. The number of para-hydroxylation sites is 2. The Hall–Kier alpha value is -7.77. The van der Waals surface area contributed by atoms with E-state index in [-0.39, 0.29) is 0 Å². The molecule has 0 spiro atoms. The molecule has 0 fully saturated rings. The fraction of sp³-hybridized carbons (Fsp3) is 0. The minimum Gasteiger partial charge on any atom is -0.455 e. The number of fused-ring (bicyclic) bond motifs is 6. The number of hydrogen-bond donors (Lipinski definition) is 0. The van der Waals surface area contributed by atoms with Crippen LogP contribution in [-0.2, 0) is 0 Å². The topological polar surface area (TPSA) is 90.7 Å². The van der Waals surface area contributed by atoms with Crippen LogP contribution in [0.15, 0.2) is 185 Å². The first-order chi connectivity index (χ1) is 27.7. The summed E-state index contributed by atoms with van der Waals surface area (Å²) in [4.78, 5) is 25.0. The van der Waals surface area contributed by atoms with E-state index in [4.69, 9.17) is 33.8 Å². The second kappa shape index (κ2) is 13.0. The van der Waals surface area contributed by atoms with Gasteiger partial charge in [-0.25, -0.2) is 24.9 Å². The Balaban J connectivity index is 1.03. The molecule has 0 aliphatic rings. The van der Waals surface area contributed by atoms with E-state index in [1.165, 1.54) is 0 Å². The van der Waals surface area contributed by atoms with Crippen molar-refractivity contribution in [3.63, 3.8) is 0 Å². The van der Waals surface area contributed by atoms with Gasteiger partial charge in [0.25, 0.3) is 0 Å². The van der Waals surface area contributed by atoms with E-state index >= 15 is 0 Å². The summed E-state index contributed by atoms with van der Waals surface area (Å²) in [5.74, 6) is 2.46. The van der Waals surface area contributed by atoms with Crippen molar-refractivity contribution >= 4 is 44.0 Å². The second-order valence-corrected chi connectivity index (χ2v) is 13.6. The van der Waals surface area contributed by atoms with Crippen molar-refractivity contribution in [1.82, 2.24) is 24.9 Å². The summed E-state index contributed by atoms with van der Waals surface area (Å²) in [7, 11) is 0. The van der Waals surface area contributed by atoms with Crippen LogP contribution in [0.1, 0.15) is 0 Å². The van der Waals surface area contributed by atoms with Gasteiger partial charge in [0, 0.05) is 49.5 Å². The Morgan fingerprint density at radius 2 is 0.804 bits per heavy atom. The largest absolute Gasteiger partial charge is 0.455 e. The zero-order chi connectivity index (χ0) is 37.0. The van der Waals surface area contributed by atoms with E-state index in [2.05, 4.69) is 60.7 Å². The van der Waals surface area contributed by atoms with Gasteiger partial charge in [0.15, 0.2) is 28.9 Å². The summed E-state index contributed by atoms with van der Waals surface area (Å²) in [6.45, 7) is 0. The molecule has 0 bridgehead atoms. The molecule has 0 amide bonds. The normalized spacial score (nSPS) is 11.6. The van der Waals surface area contributed by atoms with Crippen molar-refractivity contribution in [2.75, 3.05) is 0 Å². The lowest BCUT2D eigenvalue weighted by atomic mass is 9.99. The average molecular weight is 720 g/mol. The third kappa shape index (κ3) is 5.33. The molecule has 7 nitrogen and oxygen atoms in total. The first-order valence-electron chi connectivity index (χ1n) is 18.4. The second-order valence-electron chi connectivity index (χ2n) is 13.6. The monoisotopic (exact) mass is 719 g/mol. The molecule has 11 aromatic rings. The Morgan fingerprint density at radius 3 is 1.48 bits per heavy atom. The fourth-order valence-corrected chi connectivity index (χ4v) is 7.50. The van der Waals surface area contributed by atoms with Gasteiger partial charge in [-0.2, -0.15) is 0 Å². The molecule has 7 aromatic carbocycles. The summed E-state index contributed by atoms with van der Waals surface area (Å²) in [5, 5.41) is 2.89. The summed E-state index contributed by atoms with van der Waals surface area (Å²) >= 11 is 0. The summed E-state index contributed by atoms with van der Waals surface area (Å²) in [6.07, 6.45) is 0. The van der Waals surface area contributed by atoms with Crippen LogP contribution < -0.4 is 0 Å². The van der Waals surface area contributed by atoms with Gasteiger partial charge in [-0.15, -0.1) is 0 Å². The Labute approximate surface area is 320 Å². The van der Waals surface area contributed by atoms with E-state index in [1.807, 2.05) is 115 Å². The molecule has 7 heteroatoms. The maximum absolute atomic E-state index is 6.70. The SMILES string of the molecule is c1ccc(-c2nc(-c3ccccc3)nc(-c3ccc(-c4cccc5c4oc4cccc(-c6nc(-c7ccccc7)c7oc8ccccc8c7n6)c45)cc3)n2)cc1. The third-order valence-electron chi connectivity index (χ3n) is 10.2. The van der Waals surface area contributed by atoms with E-state index < -0.39 is 0 Å². The summed E-state index contributed by atoms with van der Waals surface area (Å²) in [5.41, 5.74) is 11.1. The van der Waals surface area contributed by atoms with Gasteiger partial charge in [0.1, 0.15) is 28.0 Å². The molecular formula is C49H29N5O2. The van der Waals surface area contributed by atoms with Gasteiger partial charge in [-0.3, -0.25) is 0 Å². The highest BCUT2D eigenvalue weighted by Crippen LogP contribution is 2.42. The van der Waals surface area contributed by atoms with Crippen molar-refractivity contribution in [3.8, 4) is 67.9 Å². The molecule has 262 valence electrons. The molecule has 0 radical (unpaired) electrons. The maximum atomic E-state index is 6.70. The molecule has 0 aliphatic heterocycles. The highest BCUT2D eigenvalue weighted by molar-refractivity contribution is 6.15. The molecule has 0 saturated carbocycles. The van der Waals surface area contributed by atoms with Crippen LogP contribution in [0.3, 0.4) is 0 Å². The lowest BCUT2D eigenvalue weighted by Gasteiger charge is -2.09. The van der Waals surface area contributed by atoms with Crippen LogP contribution in [-0.4, -0.2) is 24.9 Å². The number of rotatable bonds is 6. The third-order valence-corrected chi connectivity index (χ3v) is 10.2. The first kappa shape index (κ1) is 31.7. The van der Waals surface area contributed by atoms with Gasteiger partial charge < -0.3 is 8.83 Å². The van der Waals surface area contributed by atoms with Gasteiger partial charge in [-0.1, -0.05) is 158 Å². The molecule has 0 atom stereocenters. The minimum absolute atomic E-state index is 0.605. The number of nitrogens with zero attached hydrogens (tertiary/aromatic N) is 5. The van der Waals surface area contributed by atoms with Gasteiger partial charge in [0.05, 0.1) is 0 Å². The van der Waals surface area contributed by atoms with Crippen LogP contribution >= 0.6 is 0 Å². The quantitative estimate of drug-likeness (QED) is 0.169. The smallest absolute Gasteiger partial charge is 0.180 e. The zero-order valence-corrected chi connectivity index (χ0v) is 29.8. The number of benzene rings is 7. The van der Waals surface area contributed by atoms with E-state index in [0.717, 1.165) is 83.1 Å². The van der Waals surface area contributed by atoms with E-state index in [9.17, 15) is 0 Å². The van der Waals surface area contributed by atoms with Crippen LogP contribution in [0.4, 0.5) is 0 Å². The molecule has 0 N–H and O–H groups in total. The molecule has 0 unspecified atom stereocenters. The Kier molecular flexibility index (Phi) is 7.35. The standard InChI is InChI=1S/C49H29N5O2/c1-4-14-31(15-5-1)42-45-43(36-20-10-11-24-39(36)55-45)51-49(50-42)38-23-13-25-40-41(38)37-22-12-21-35(44(37)56-40)30-26-28-34(29-27-30)48-53-46(32-16-6-2-7-17-32)52-47(54-48)33-18-8-3-9-19-33/h1-29H. The highest BCUT2D eigenvalue weighted by Gasteiger charge is 2.22. The van der Waals surface area contributed by atoms with Crippen molar-refractivity contribution in [1.29, 1.82) is 0 Å². The van der Waals surface area contributed by atoms with Crippen molar-refractivity contribution in [3.05, 3.63) is 176 Å². The van der Waals surface area contributed by atoms with Crippen LogP contribution in [0.5, 0.6) is 0 Å². The number of furan rings is 2. The van der Waals surface area contributed by atoms with E-state index in [1.54, 1.807) is 0 Å². The van der Waals surface area contributed by atoms with Gasteiger partial charge >= 0.3 is 0 Å². The van der Waals surface area contributed by atoms with Crippen LogP contribution in [0, 0.1) is 0 Å². The van der Waals surface area contributed by atoms with Crippen molar-refractivity contribution in [2.24, 2.45) is 0 Å². The molecule has 0 saturated heterocycles. The Bertz CT molecular complexity index is 3170. The van der Waals surface area contributed by atoms with Gasteiger partial charge in [0.2, 0.25) is 0 Å². The minimum atomic E-state index is 0.605. The number of aromatic nitrogens is 5. The van der Waals surface area contributed by atoms with E-state index in [0.29, 0.717) is 28.9 Å². The predicted molar refractivity (Wildman–Crippen MR) is 223 cm³/mol. The molecular weight excluding hydrogens is 691 g/mol. The predicted octanol–water partition coefficient (Wildman–Crippen LogP) is 12.5. The molecule has 4 heterocycles. The van der Waals surface area contributed by atoms with Gasteiger partial charge in [-0.05, 0) is 23.8 Å². The summed E-state index contributed by atoms with van der Waals surface area (Å²) < 4.78 is 13.1. The van der Waals surface area contributed by atoms with Crippen molar-refractivity contribution in [2.45, 2.75) is 0 Å². The molecule has 11 rings (SSSR count). The van der Waals surface area contributed by atoms with Crippen LogP contribution in [0.2, 0.25) is 0 Å². The molecule has 56 heavy (non-hydrogen) atoms.